The van der Waals surface area contributed by atoms with E-state index in [9.17, 15) is 10.1 Å². The number of nitrogens with one attached hydrogen (secondary N) is 1. The van der Waals surface area contributed by atoms with E-state index < -0.39 is 0 Å². The molecule has 0 spiro atoms. The van der Waals surface area contributed by atoms with Crippen molar-refractivity contribution in [2.75, 3.05) is 11.1 Å². The van der Waals surface area contributed by atoms with Crippen LogP contribution in [0, 0.1) is 25.2 Å². The Bertz CT molecular complexity index is 1170. The number of amides is 1. The van der Waals surface area contributed by atoms with Crippen molar-refractivity contribution in [3.8, 4) is 17.5 Å². The number of fused-ring (bicyclic) bond motifs is 1. The van der Waals surface area contributed by atoms with Gasteiger partial charge in [-0.15, -0.1) is 32.9 Å². The Morgan fingerprint density at radius 3 is 2.72 bits per heavy atom. The van der Waals surface area contributed by atoms with Gasteiger partial charge in [-0.1, -0.05) is 24.6 Å². The molecule has 0 saturated carbocycles. The molecule has 0 saturated heterocycles. The van der Waals surface area contributed by atoms with E-state index in [-0.39, 0.29) is 11.7 Å². The third-order valence-corrected chi connectivity index (χ3v) is 9.12. The van der Waals surface area contributed by atoms with E-state index in [0.29, 0.717) is 10.6 Å². The summed E-state index contributed by atoms with van der Waals surface area (Å²) < 4.78 is 2.06. The molecule has 3 aromatic rings. The minimum Gasteiger partial charge on any atom is -0.316 e. The second-order valence-corrected chi connectivity index (χ2v) is 11.1. The summed E-state index contributed by atoms with van der Waals surface area (Å²) in [5, 5.41) is 25.0. The topological polar surface area (TPSA) is 83.6 Å². The lowest BCUT2D eigenvalue weighted by atomic mass is 9.97. The van der Waals surface area contributed by atoms with Crippen LogP contribution in [0.1, 0.15) is 59.1 Å². The summed E-state index contributed by atoms with van der Waals surface area (Å²) in [4.78, 5) is 15.3. The number of nitrogens with zero attached hydrogens (tertiary/aromatic N) is 4. The van der Waals surface area contributed by atoms with Crippen molar-refractivity contribution in [1.82, 2.24) is 14.8 Å². The van der Waals surface area contributed by atoms with Gasteiger partial charge in [-0.2, -0.15) is 5.26 Å². The first-order valence-corrected chi connectivity index (χ1v) is 13.7. The summed E-state index contributed by atoms with van der Waals surface area (Å²) in [7, 11) is 0. The van der Waals surface area contributed by atoms with Gasteiger partial charge in [0.1, 0.15) is 11.1 Å². The lowest BCUT2D eigenvalue weighted by Crippen LogP contribution is -2.14. The Balaban J connectivity index is 1.47. The van der Waals surface area contributed by atoms with Crippen molar-refractivity contribution >= 4 is 45.3 Å². The molecule has 0 aromatic carbocycles. The predicted octanol–water partition coefficient (Wildman–Crippen LogP) is 5.97. The summed E-state index contributed by atoms with van der Waals surface area (Å²) in [5.41, 5.74) is 4.14. The van der Waals surface area contributed by atoms with Crippen molar-refractivity contribution in [3.05, 3.63) is 31.8 Å². The number of nitriles is 1. The molecular weight excluding hydrogens is 458 g/mol. The van der Waals surface area contributed by atoms with Crippen LogP contribution in [0.4, 0.5) is 5.00 Å². The Kier molecular flexibility index (Phi) is 7.33. The maximum absolute atomic E-state index is 12.7. The molecule has 6 nitrogen and oxygen atoms in total. The van der Waals surface area contributed by atoms with Crippen LogP contribution in [0.15, 0.2) is 10.5 Å². The Morgan fingerprint density at radius 2 is 2.03 bits per heavy atom. The van der Waals surface area contributed by atoms with Crippen LogP contribution in [0.2, 0.25) is 0 Å². The van der Waals surface area contributed by atoms with Gasteiger partial charge < -0.3 is 9.88 Å². The molecule has 0 radical (unpaired) electrons. The summed E-state index contributed by atoms with van der Waals surface area (Å²) in [6.45, 7) is 7.01. The number of thiophene rings is 2. The largest absolute Gasteiger partial charge is 0.316 e. The van der Waals surface area contributed by atoms with Crippen LogP contribution in [0.25, 0.3) is 11.4 Å². The summed E-state index contributed by atoms with van der Waals surface area (Å²) in [6.07, 6.45) is 6.65. The first-order valence-electron chi connectivity index (χ1n) is 11.0. The fraction of sp³-hybridized carbons (Fsp3) is 0.478. The number of aromatic nitrogens is 3. The Labute approximate surface area is 201 Å². The molecule has 0 aliphatic heterocycles. The summed E-state index contributed by atoms with van der Waals surface area (Å²) in [5.74, 6) is 0.963. The average Bonchev–Trinajstić information content (AvgIpc) is 3.42. The van der Waals surface area contributed by atoms with Gasteiger partial charge in [0, 0.05) is 27.2 Å². The quantitative estimate of drug-likeness (QED) is 0.435. The molecule has 1 aliphatic carbocycles. The maximum Gasteiger partial charge on any atom is 0.235 e. The van der Waals surface area contributed by atoms with Crippen LogP contribution in [-0.4, -0.2) is 26.4 Å². The summed E-state index contributed by atoms with van der Waals surface area (Å²) >= 11 is 4.67. The highest BCUT2D eigenvalue weighted by atomic mass is 32.2. The Morgan fingerprint density at radius 1 is 1.25 bits per heavy atom. The van der Waals surface area contributed by atoms with Crippen molar-refractivity contribution < 1.29 is 4.79 Å². The van der Waals surface area contributed by atoms with Gasteiger partial charge in [-0.05, 0) is 57.6 Å². The fourth-order valence-electron chi connectivity index (χ4n) is 4.03. The van der Waals surface area contributed by atoms with Gasteiger partial charge in [0.2, 0.25) is 5.91 Å². The zero-order chi connectivity index (χ0) is 22.7. The van der Waals surface area contributed by atoms with Crippen molar-refractivity contribution in [2.45, 2.75) is 71.0 Å². The van der Waals surface area contributed by atoms with E-state index in [1.54, 1.807) is 22.7 Å². The lowest BCUT2D eigenvalue weighted by Gasteiger charge is -2.09. The number of thioether (sulfide) groups is 1. The summed E-state index contributed by atoms with van der Waals surface area (Å²) in [6, 6.07) is 2.34. The predicted molar refractivity (Wildman–Crippen MR) is 133 cm³/mol. The minimum absolute atomic E-state index is 0.115. The van der Waals surface area contributed by atoms with Gasteiger partial charge in [-0.3, -0.25) is 4.79 Å². The molecule has 0 atom stereocenters. The van der Waals surface area contributed by atoms with Crippen LogP contribution < -0.4 is 5.32 Å². The number of rotatable bonds is 6. The first kappa shape index (κ1) is 23.0. The van der Waals surface area contributed by atoms with Gasteiger partial charge in [0.25, 0.3) is 0 Å². The van der Waals surface area contributed by atoms with Crippen molar-refractivity contribution in [1.29, 1.82) is 5.26 Å². The van der Waals surface area contributed by atoms with E-state index in [1.165, 1.54) is 39.9 Å². The highest BCUT2D eigenvalue weighted by molar-refractivity contribution is 7.99. The number of carbonyl (C=O) groups excluding carboxylic acids is 1. The molecule has 3 heterocycles. The van der Waals surface area contributed by atoms with Gasteiger partial charge in [-0.25, -0.2) is 0 Å². The molecule has 3 aromatic heterocycles. The van der Waals surface area contributed by atoms with Gasteiger partial charge >= 0.3 is 0 Å². The number of anilines is 1. The third kappa shape index (κ3) is 4.63. The molecule has 168 valence electrons. The molecule has 0 bridgehead atoms. The van der Waals surface area contributed by atoms with E-state index in [1.807, 2.05) is 0 Å². The maximum atomic E-state index is 12.7. The smallest absolute Gasteiger partial charge is 0.235 e. The van der Waals surface area contributed by atoms with E-state index >= 15 is 0 Å². The SMILES string of the molecule is CCn1c(SCC(=O)Nc2sc3c(c2C#N)CCCCCC3)nnc1-c1csc(C)c1C. The van der Waals surface area contributed by atoms with Gasteiger partial charge in [0.15, 0.2) is 11.0 Å². The number of hydrogen-bond acceptors (Lipinski definition) is 7. The van der Waals surface area contributed by atoms with Crippen LogP contribution >= 0.6 is 34.4 Å². The number of carbonyl (C=O) groups is 1. The molecule has 4 rings (SSSR count). The monoisotopic (exact) mass is 485 g/mol. The van der Waals surface area contributed by atoms with Crippen molar-refractivity contribution in [3.63, 3.8) is 0 Å². The molecule has 9 heteroatoms. The standard InChI is InChI=1S/C23H27N5OS3/c1-4-28-21(18-12-30-15(3)14(18)2)26-27-23(28)31-13-20(29)25-22-17(11-24)16-9-7-5-6-8-10-19(16)32-22/h12H,4-10,13H2,1-3H3,(H,25,29). The lowest BCUT2D eigenvalue weighted by molar-refractivity contribution is -0.113. The number of aryl methyl sites for hydroxylation is 2. The number of hydrogen-bond donors (Lipinski definition) is 1. The van der Waals surface area contributed by atoms with Crippen molar-refractivity contribution in [2.24, 2.45) is 0 Å². The van der Waals surface area contributed by atoms with E-state index in [4.69, 9.17) is 0 Å². The molecular formula is C23H27N5OS3. The highest BCUT2D eigenvalue weighted by Gasteiger charge is 2.22. The third-order valence-electron chi connectivity index (χ3n) is 5.93. The minimum atomic E-state index is -0.115. The van der Waals surface area contributed by atoms with E-state index in [2.05, 4.69) is 52.3 Å². The molecule has 0 fully saturated rings. The fourth-order valence-corrected chi connectivity index (χ4v) is 6.95. The first-order chi connectivity index (χ1) is 15.5. The average molecular weight is 486 g/mol. The van der Waals surface area contributed by atoms with Crippen LogP contribution in [-0.2, 0) is 24.2 Å². The van der Waals surface area contributed by atoms with Crippen LogP contribution in [0.3, 0.4) is 0 Å². The van der Waals surface area contributed by atoms with E-state index in [0.717, 1.165) is 54.3 Å². The molecule has 1 N–H and O–H groups in total. The second-order valence-electron chi connectivity index (χ2n) is 7.95. The Hall–Kier alpha value is -2.15. The van der Waals surface area contributed by atoms with Gasteiger partial charge in [0.05, 0.1) is 11.3 Å². The molecule has 0 unspecified atom stereocenters. The normalized spacial score (nSPS) is 13.8. The highest BCUT2D eigenvalue weighted by Crippen LogP contribution is 2.37. The second kappa shape index (κ2) is 10.2. The zero-order valence-corrected chi connectivity index (χ0v) is 21.1. The molecule has 32 heavy (non-hydrogen) atoms. The zero-order valence-electron chi connectivity index (χ0n) is 18.7. The molecule has 1 aliphatic rings. The van der Waals surface area contributed by atoms with Crippen LogP contribution in [0.5, 0.6) is 0 Å². The molecule has 1 amide bonds.